The molecule has 0 atom stereocenters. The zero-order valence-corrected chi connectivity index (χ0v) is 11.0. The van der Waals surface area contributed by atoms with Crippen molar-refractivity contribution >= 4 is 12.2 Å². The van der Waals surface area contributed by atoms with Gasteiger partial charge in [0.15, 0.2) is 0 Å². The van der Waals surface area contributed by atoms with Gasteiger partial charge in [0.25, 0.3) is 5.91 Å². The Hall–Kier alpha value is -2.42. The predicted octanol–water partition coefficient (Wildman–Crippen LogP) is 2.87. The Kier molecular flexibility index (Phi) is 3.76. The quantitative estimate of drug-likeness (QED) is 0.789. The van der Waals surface area contributed by atoms with E-state index >= 15 is 0 Å². The summed E-state index contributed by atoms with van der Waals surface area (Å²) in [5.74, 6) is -0.0112. The van der Waals surface area contributed by atoms with E-state index in [4.69, 9.17) is 0 Å². The Labute approximate surface area is 112 Å². The molecule has 0 aliphatic heterocycles. The Balaban J connectivity index is 2.26. The van der Waals surface area contributed by atoms with E-state index in [1.165, 1.54) is 0 Å². The van der Waals surface area contributed by atoms with Crippen LogP contribution in [0.1, 0.15) is 20.7 Å². The van der Waals surface area contributed by atoms with E-state index in [2.05, 4.69) is 0 Å². The molecular formula is C16H15NO2. The fraction of sp³-hybridized carbons (Fsp3) is 0.125. The lowest BCUT2D eigenvalue weighted by atomic mass is 10.0. The molecule has 0 bridgehead atoms. The van der Waals surface area contributed by atoms with Crippen LogP contribution in [-0.4, -0.2) is 31.2 Å². The van der Waals surface area contributed by atoms with E-state index in [1.54, 1.807) is 31.1 Å². The summed E-state index contributed by atoms with van der Waals surface area (Å²) in [6, 6.07) is 14.8. The Morgan fingerprint density at radius 3 is 1.79 bits per heavy atom. The lowest BCUT2D eigenvalue weighted by Crippen LogP contribution is -2.21. The number of aldehydes is 1. The topological polar surface area (TPSA) is 37.4 Å². The van der Waals surface area contributed by atoms with Crippen LogP contribution in [0.15, 0.2) is 48.5 Å². The zero-order valence-electron chi connectivity index (χ0n) is 11.0. The fourth-order valence-electron chi connectivity index (χ4n) is 1.82. The molecule has 3 nitrogen and oxygen atoms in total. The van der Waals surface area contributed by atoms with Crippen molar-refractivity contribution in [2.75, 3.05) is 14.1 Å². The lowest BCUT2D eigenvalue weighted by molar-refractivity contribution is 0.0827. The molecule has 3 heteroatoms. The van der Waals surface area contributed by atoms with Crippen LogP contribution in [-0.2, 0) is 0 Å². The molecule has 0 unspecified atom stereocenters. The summed E-state index contributed by atoms with van der Waals surface area (Å²) in [6.07, 6.45) is 0.822. The standard InChI is InChI=1S/C16H15NO2/c1-17(2)16(19)15-9-7-14(8-10-15)13-5-3-12(11-18)4-6-13/h3-11H,1-2H3. The third-order valence-corrected chi connectivity index (χ3v) is 2.92. The van der Waals surface area contributed by atoms with E-state index in [-0.39, 0.29) is 5.91 Å². The fourth-order valence-corrected chi connectivity index (χ4v) is 1.82. The van der Waals surface area contributed by atoms with Gasteiger partial charge in [0.1, 0.15) is 6.29 Å². The van der Waals surface area contributed by atoms with E-state index in [9.17, 15) is 9.59 Å². The molecule has 2 rings (SSSR count). The molecule has 0 aliphatic rings. The lowest BCUT2D eigenvalue weighted by Gasteiger charge is -2.10. The molecule has 0 heterocycles. The first kappa shape index (κ1) is 13.0. The van der Waals surface area contributed by atoms with Gasteiger partial charge in [-0.2, -0.15) is 0 Å². The number of carbonyl (C=O) groups is 2. The van der Waals surface area contributed by atoms with Crippen LogP contribution >= 0.6 is 0 Å². The number of nitrogens with zero attached hydrogens (tertiary/aromatic N) is 1. The summed E-state index contributed by atoms with van der Waals surface area (Å²) in [4.78, 5) is 23.9. The van der Waals surface area contributed by atoms with Gasteiger partial charge in [-0.3, -0.25) is 9.59 Å². The third kappa shape index (κ3) is 2.88. The average Bonchev–Trinajstić information content (AvgIpc) is 2.46. The molecule has 2 aromatic rings. The first-order chi connectivity index (χ1) is 9.11. The number of rotatable bonds is 3. The van der Waals surface area contributed by atoms with Crippen LogP contribution < -0.4 is 0 Å². The maximum Gasteiger partial charge on any atom is 0.253 e. The summed E-state index contributed by atoms with van der Waals surface area (Å²) in [7, 11) is 3.46. The van der Waals surface area contributed by atoms with Gasteiger partial charge in [-0.15, -0.1) is 0 Å². The minimum atomic E-state index is -0.0112. The van der Waals surface area contributed by atoms with Gasteiger partial charge >= 0.3 is 0 Å². The van der Waals surface area contributed by atoms with Crippen LogP contribution in [0.3, 0.4) is 0 Å². The van der Waals surface area contributed by atoms with Gasteiger partial charge < -0.3 is 4.90 Å². The summed E-state index contributed by atoms with van der Waals surface area (Å²) in [6.45, 7) is 0. The molecular weight excluding hydrogens is 238 g/mol. The van der Waals surface area contributed by atoms with Gasteiger partial charge in [-0.25, -0.2) is 0 Å². The summed E-state index contributed by atoms with van der Waals surface area (Å²) in [5, 5.41) is 0. The first-order valence-electron chi connectivity index (χ1n) is 5.99. The molecule has 0 N–H and O–H groups in total. The Morgan fingerprint density at radius 2 is 1.37 bits per heavy atom. The number of carbonyl (C=O) groups excluding carboxylic acids is 2. The molecule has 0 spiro atoms. The summed E-state index contributed by atoms with van der Waals surface area (Å²) in [5.41, 5.74) is 3.36. The third-order valence-electron chi connectivity index (χ3n) is 2.92. The SMILES string of the molecule is CN(C)C(=O)c1ccc(-c2ccc(C=O)cc2)cc1. The molecule has 1 amide bonds. The molecule has 0 aliphatic carbocycles. The number of hydrogen-bond acceptors (Lipinski definition) is 2. The van der Waals surface area contributed by atoms with Crippen LogP contribution in [0.25, 0.3) is 11.1 Å². The Bertz CT molecular complexity index is 583. The minimum absolute atomic E-state index is 0.0112. The van der Waals surface area contributed by atoms with E-state index in [0.29, 0.717) is 11.1 Å². The predicted molar refractivity (Wildman–Crippen MR) is 75.3 cm³/mol. The molecule has 0 aromatic heterocycles. The van der Waals surface area contributed by atoms with Crippen molar-refractivity contribution in [1.29, 1.82) is 0 Å². The summed E-state index contributed by atoms with van der Waals surface area (Å²) < 4.78 is 0. The van der Waals surface area contributed by atoms with Crippen molar-refractivity contribution in [3.63, 3.8) is 0 Å². The maximum absolute atomic E-state index is 11.8. The monoisotopic (exact) mass is 253 g/mol. The van der Waals surface area contributed by atoms with E-state index in [0.717, 1.165) is 17.4 Å². The highest BCUT2D eigenvalue weighted by molar-refractivity contribution is 5.94. The minimum Gasteiger partial charge on any atom is -0.345 e. The van der Waals surface area contributed by atoms with Gasteiger partial charge in [0.2, 0.25) is 0 Å². The van der Waals surface area contributed by atoms with Crippen molar-refractivity contribution in [2.45, 2.75) is 0 Å². The van der Waals surface area contributed by atoms with Crippen LogP contribution in [0, 0.1) is 0 Å². The van der Waals surface area contributed by atoms with Crippen molar-refractivity contribution in [1.82, 2.24) is 4.90 Å². The second kappa shape index (κ2) is 5.48. The largest absolute Gasteiger partial charge is 0.345 e. The highest BCUT2D eigenvalue weighted by atomic mass is 16.2. The van der Waals surface area contributed by atoms with E-state index in [1.807, 2.05) is 36.4 Å². The molecule has 96 valence electrons. The first-order valence-corrected chi connectivity index (χ1v) is 5.99. The highest BCUT2D eigenvalue weighted by Crippen LogP contribution is 2.20. The van der Waals surface area contributed by atoms with Gasteiger partial charge in [-0.1, -0.05) is 36.4 Å². The van der Waals surface area contributed by atoms with Crippen molar-refractivity contribution in [2.24, 2.45) is 0 Å². The van der Waals surface area contributed by atoms with Gasteiger partial charge in [-0.05, 0) is 23.3 Å². The second-order valence-corrected chi connectivity index (χ2v) is 4.52. The number of amides is 1. The van der Waals surface area contributed by atoms with Crippen LogP contribution in [0.5, 0.6) is 0 Å². The summed E-state index contributed by atoms with van der Waals surface area (Å²) >= 11 is 0. The smallest absolute Gasteiger partial charge is 0.253 e. The molecule has 0 saturated heterocycles. The zero-order chi connectivity index (χ0) is 13.8. The van der Waals surface area contributed by atoms with Crippen LogP contribution in [0.4, 0.5) is 0 Å². The van der Waals surface area contributed by atoms with Crippen LogP contribution in [0.2, 0.25) is 0 Å². The van der Waals surface area contributed by atoms with E-state index < -0.39 is 0 Å². The molecule has 0 saturated carbocycles. The van der Waals surface area contributed by atoms with Gasteiger partial charge in [0, 0.05) is 25.2 Å². The number of hydrogen-bond donors (Lipinski definition) is 0. The Morgan fingerprint density at radius 1 is 0.895 bits per heavy atom. The molecule has 2 aromatic carbocycles. The normalized spacial score (nSPS) is 10.0. The molecule has 19 heavy (non-hydrogen) atoms. The second-order valence-electron chi connectivity index (χ2n) is 4.52. The number of benzene rings is 2. The molecule has 0 fully saturated rings. The maximum atomic E-state index is 11.8. The average molecular weight is 253 g/mol. The van der Waals surface area contributed by atoms with Crippen molar-refractivity contribution < 1.29 is 9.59 Å². The van der Waals surface area contributed by atoms with Gasteiger partial charge in [0.05, 0.1) is 0 Å². The van der Waals surface area contributed by atoms with Crippen molar-refractivity contribution in [3.05, 3.63) is 59.7 Å². The molecule has 0 radical (unpaired) electrons. The highest BCUT2D eigenvalue weighted by Gasteiger charge is 2.07. The van der Waals surface area contributed by atoms with Crippen molar-refractivity contribution in [3.8, 4) is 11.1 Å².